The largest absolute Gasteiger partial charge is 0.389 e. The highest BCUT2D eigenvalue weighted by molar-refractivity contribution is 7.80. The lowest BCUT2D eigenvalue weighted by Crippen LogP contribution is -2.13. The molecule has 4 nitrogen and oxygen atoms in total. The minimum atomic E-state index is -0.326. The molecule has 0 radical (unpaired) electrons. The number of aryl methyl sites for hydroxylation is 3. The summed E-state index contributed by atoms with van der Waals surface area (Å²) in [5.74, 6) is 0.269. The van der Waals surface area contributed by atoms with Crippen LogP contribution in [0.5, 0.6) is 0 Å². The second-order valence-corrected chi connectivity index (χ2v) is 4.79. The molecule has 0 atom stereocenters. The average Bonchev–Trinajstić information content (AvgIpc) is 2.58. The molecule has 0 aliphatic heterocycles. The second kappa shape index (κ2) is 4.97. The molecule has 100 valence electrons. The first-order valence-corrected chi connectivity index (χ1v) is 6.18. The molecule has 0 amide bonds. The maximum absolute atomic E-state index is 13.9. The minimum Gasteiger partial charge on any atom is -0.389 e. The SMILES string of the molecule is Cc1cccc(F)c1Nc1c(C(N)=S)c(C)nn1C. The molecule has 0 aliphatic rings. The Bertz CT molecular complexity index is 628. The first-order valence-electron chi connectivity index (χ1n) is 5.77. The van der Waals surface area contributed by atoms with Crippen molar-refractivity contribution in [3.05, 3.63) is 40.8 Å². The van der Waals surface area contributed by atoms with Crippen LogP contribution in [-0.2, 0) is 7.05 Å². The summed E-state index contributed by atoms with van der Waals surface area (Å²) in [7, 11) is 1.76. The molecule has 1 heterocycles. The summed E-state index contributed by atoms with van der Waals surface area (Å²) in [6.07, 6.45) is 0. The van der Waals surface area contributed by atoms with Gasteiger partial charge in [-0.1, -0.05) is 24.4 Å². The van der Waals surface area contributed by atoms with Gasteiger partial charge in [0.05, 0.1) is 16.9 Å². The van der Waals surface area contributed by atoms with Crippen molar-refractivity contribution in [2.24, 2.45) is 12.8 Å². The van der Waals surface area contributed by atoms with Gasteiger partial charge in [-0.15, -0.1) is 0 Å². The van der Waals surface area contributed by atoms with Gasteiger partial charge in [0.25, 0.3) is 0 Å². The van der Waals surface area contributed by atoms with E-state index in [9.17, 15) is 4.39 Å². The van der Waals surface area contributed by atoms with Crippen molar-refractivity contribution in [3.8, 4) is 0 Å². The van der Waals surface area contributed by atoms with Crippen LogP contribution in [-0.4, -0.2) is 14.8 Å². The fourth-order valence-corrected chi connectivity index (χ4v) is 2.25. The van der Waals surface area contributed by atoms with Gasteiger partial charge >= 0.3 is 0 Å². The molecule has 2 aromatic rings. The van der Waals surface area contributed by atoms with E-state index < -0.39 is 0 Å². The number of benzene rings is 1. The van der Waals surface area contributed by atoms with E-state index in [1.54, 1.807) is 17.8 Å². The zero-order valence-corrected chi connectivity index (χ0v) is 11.8. The number of thiocarbonyl (C=S) groups is 1. The van der Waals surface area contributed by atoms with Crippen molar-refractivity contribution in [2.45, 2.75) is 13.8 Å². The lowest BCUT2D eigenvalue weighted by Gasteiger charge is -2.12. The molecule has 0 fully saturated rings. The fourth-order valence-electron chi connectivity index (χ4n) is 2.01. The number of aromatic nitrogens is 2. The van der Waals surface area contributed by atoms with E-state index in [4.69, 9.17) is 18.0 Å². The van der Waals surface area contributed by atoms with Crippen molar-refractivity contribution >= 4 is 28.7 Å². The van der Waals surface area contributed by atoms with Gasteiger partial charge in [-0.25, -0.2) is 4.39 Å². The Labute approximate surface area is 116 Å². The number of hydrogen-bond donors (Lipinski definition) is 2. The summed E-state index contributed by atoms with van der Waals surface area (Å²) < 4.78 is 15.5. The fraction of sp³-hybridized carbons (Fsp3) is 0.231. The Morgan fingerprint density at radius 2 is 2.11 bits per heavy atom. The zero-order valence-electron chi connectivity index (χ0n) is 11.0. The molecule has 0 saturated heterocycles. The summed E-state index contributed by atoms with van der Waals surface area (Å²) in [6.45, 7) is 3.64. The summed E-state index contributed by atoms with van der Waals surface area (Å²) in [6, 6.07) is 4.90. The van der Waals surface area contributed by atoms with Crippen LogP contribution in [0.2, 0.25) is 0 Å². The van der Waals surface area contributed by atoms with Crippen LogP contribution in [0.15, 0.2) is 18.2 Å². The number of hydrogen-bond acceptors (Lipinski definition) is 3. The normalized spacial score (nSPS) is 10.5. The summed E-state index contributed by atoms with van der Waals surface area (Å²) in [4.78, 5) is 0.238. The van der Waals surface area contributed by atoms with Gasteiger partial charge in [0.2, 0.25) is 0 Å². The van der Waals surface area contributed by atoms with Crippen molar-refractivity contribution in [1.82, 2.24) is 9.78 Å². The summed E-state index contributed by atoms with van der Waals surface area (Å²) in [5, 5.41) is 7.29. The number of rotatable bonds is 3. The van der Waals surface area contributed by atoms with E-state index in [1.807, 2.05) is 19.9 Å². The molecule has 3 N–H and O–H groups in total. The van der Waals surface area contributed by atoms with Crippen LogP contribution in [0.4, 0.5) is 15.9 Å². The van der Waals surface area contributed by atoms with Gasteiger partial charge in [-0.05, 0) is 25.5 Å². The molecule has 0 saturated carbocycles. The molecule has 1 aromatic heterocycles. The molecule has 1 aromatic carbocycles. The van der Waals surface area contributed by atoms with Gasteiger partial charge in [-0.2, -0.15) is 5.10 Å². The van der Waals surface area contributed by atoms with Gasteiger partial charge in [0, 0.05) is 7.05 Å². The highest BCUT2D eigenvalue weighted by Gasteiger charge is 2.17. The van der Waals surface area contributed by atoms with Crippen molar-refractivity contribution in [2.75, 3.05) is 5.32 Å². The predicted molar refractivity (Wildman–Crippen MR) is 78.3 cm³/mol. The maximum atomic E-state index is 13.9. The topological polar surface area (TPSA) is 55.9 Å². The predicted octanol–water partition coefficient (Wildman–Crippen LogP) is 2.55. The Morgan fingerprint density at radius 1 is 1.42 bits per heavy atom. The van der Waals surface area contributed by atoms with Crippen molar-refractivity contribution in [3.63, 3.8) is 0 Å². The van der Waals surface area contributed by atoms with Crippen LogP contribution < -0.4 is 11.1 Å². The summed E-state index contributed by atoms with van der Waals surface area (Å²) in [5.41, 5.74) is 8.26. The molecule has 0 bridgehead atoms. The first kappa shape index (κ1) is 13.5. The molecule has 19 heavy (non-hydrogen) atoms. The molecule has 0 spiro atoms. The number of para-hydroxylation sites is 1. The quantitative estimate of drug-likeness (QED) is 0.847. The van der Waals surface area contributed by atoms with Crippen LogP contribution in [0.25, 0.3) is 0 Å². The number of nitrogens with one attached hydrogen (secondary N) is 1. The molecular formula is C13H15FN4S. The van der Waals surface area contributed by atoms with E-state index in [0.29, 0.717) is 22.8 Å². The molecule has 0 aliphatic carbocycles. The number of halogens is 1. The standard InChI is InChI=1S/C13H15FN4S/c1-7-5-4-6-9(14)11(7)16-13-10(12(15)19)8(2)17-18(13)3/h4-6,16H,1-3H3,(H2,15,19). The smallest absolute Gasteiger partial charge is 0.146 e. The van der Waals surface area contributed by atoms with Crippen molar-refractivity contribution in [1.29, 1.82) is 0 Å². The lowest BCUT2D eigenvalue weighted by molar-refractivity contribution is 0.630. The van der Waals surface area contributed by atoms with Gasteiger partial charge in [0.15, 0.2) is 0 Å². The molecular weight excluding hydrogens is 263 g/mol. The van der Waals surface area contributed by atoms with Crippen LogP contribution >= 0.6 is 12.2 Å². The minimum absolute atomic E-state index is 0.238. The highest BCUT2D eigenvalue weighted by atomic mass is 32.1. The third kappa shape index (κ3) is 2.44. The number of anilines is 2. The lowest BCUT2D eigenvalue weighted by atomic mass is 10.1. The Hall–Kier alpha value is -1.95. The monoisotopic (exact) mass is 278 g/mol. The molecule has 6 heteroatoms. The van der Waals surface area contributed by atoms with E-state index in [-0.39, 0.29) is 10.8 Å². The zero-order chi connectivity index (χ0) is 14.2. The van der Waals surface area contributed by atoms with Crippen molar-refractivity contribution < 1.29 is 4.39 Å². The van der Waals surface area contributed by atoms with E-state index >= 15 is 0 Å². The Morgan fingerprint density at radius 3 is 2.68 bits per heavy atom. The summed E-state index contributed by atoms with van der Waals surface area (Å²) >= 11 is 5.02. The van der Waals surface area contributed by atoms with E-state index in [1.165, 1.54) is 6.07 Å². The Kier molecular flexibility index (Phi) is 3.53. The number of nitrogens with zero attached hydrogens (tertiary/aromatic N) is 2. The molecule has 2 rings (SSSR count). The average molecular weight is 278 g/mol. The van der Waals surface area contributed by atoms with Crippen LogP contribution in [0.1, 0.15) is 16.8 Å². The van der Waals surface area contributed by atoms with E-state index in [2.05, 4.69) is 10.4 Å². The highest BCUT2D eigenvalue weighted by Crippen LogP contribution is 2.27. The third-order valence-electron chi connectivity index (χ3n) is 2.93. The first-order chi connectivity index (χ1) is 8.91. The Balaban J connectivity index is 2.53. The second-order valence-electron chi connectivity index (χ2n) is 4.35. The number of nitrogens with two attached hydrogens (primary N) is 1. The maximum Gasteiger partial charge on any atom is 0.146 e. The van der Waals surface area contributed by atoms with Crippen LogP contribution in [0.3, 0.4) is 0 Å². The van der Waals surface area contributed by atoms with E-state index in [0.717, 1.165) is 5.56 Å². The third-order valence-corrected chi connectivity index (χ3v) is 3.14. The van der Waals surface area contributed by atoms with Crippen LogP contribution in [0, 0.1) is 19.7 Å². The van der Waals surface area contributed by atoms with Gasteiger partial charge < -0.3 is 11.1 Å². The molecule has 0 unspecified atom stereocenters. The van der Waals surface area contributed by atoms with Gasteiger partial charge in [-0.3, -0.25) is 4.68 Å². The van der Waals surface area contributed by atoms with Gasteiger partial charge in [0.1, 0.15) is 16.6 Å².